The van der Waals surface area contributed by atoms with Gasteiger partial charge in [-0.2, -0.15) is 0 Å². The van der Waals surface area contributed by atoms with Gasteiger partial charge in [0.1, 0.15) is 5.75 Å². The van der Waals surface area contributed by atoms with Crippen molar-refractivity contribution in [3.8, 4) is 5.75 Å². The number of esters is 1. The molecule has 1 aliphatic heterocycles. The van der Waals surface area contributed by atoms with Gasteiger partial charge in [-0.25, -0.2) is 9.59 Å². The van der Waals surface area contributed by atoms with E-state index in [2.05, 4.69) is 17.6 Å². The van der Waals surface area contributed by atoms with E-state index in [9.17, 15) is 9.59 Å². The van der Waals surface area contributed by atoms with Gasteiger partial charge in [-0.3, -0.25) is 0 Å². The van der Waals surface area contributed by atoms with Gasteiger partial charge in [0.05, 0.1) is 25.3 Å². The van der Waals surface area contributed by atoms with E-state index in [0.29, 0.717) is 40.6 Å². The average molecular weight is 437 g/mol. The molecule has 30 heavy (non-hydrogen) atoms. The lowest BCUT2D eigenvalue weighted by Gasteiger charge is -2.29. The zero-order valence-corrected chi connectivity index (χ0v) is 18.9. The Labute approximate surface area is 184 Å². The molecule has 0 saturated carbocycles. The molecule has 1 atom stereocenters. The second kappa shape index (κ2) is 12.5. The van der Waals surface area contributed by atoms with E-state index in [1.54, 1.807) is 12.1 Å². The van der Waals surface area contributed by atoms with Crippen LogP contribution in [0, 0.1) is 0 Å². The van der Waals surface area contributed by atoms with E-state index >= 15 is 0 Å². The normalized spacial score (nSPS) is 16.1. The summed E-state index contributed by atoms with van der Waals surface area (Å²) in [6, 6.07) is 4.28. The Hall–Kier alpha value is -2.21. The number of rotatable bonds is 12. The molecule has 2 amide bonds. The van der Waals surface area contributed by atoms with Crippen molar-refractivity contribution in [2.24, 2.45) is 0 Å². The number of ether oxygens (including phenoxy) is 2. The Morgan fingerprint density at radius 3 is 2.43 bits per heavy atom. The molecule has 1 aromatic carbocycles. The highest BCUT2D eigenvalue weighted by molar-refractivity contribution is 6.31. The number of urea groups is 1. The predicted molar refractivity (Wildman–Crippen MR) is 119 cm³/mol. The summed E-state index contributed by atoms with van der Waals surface area (Å²) >= 11 is 6.50. The van der Waals surface area contributed by atoms with Crippen LogP contribution in [0.1, 0.15) is 76.8 Å². The molecule has 1 unspecified atom stereocenters. The van der Waals surface area contributed by atoms with Crippen molar-refractivity contribution in [3.63, 3.8) is 0 Å². The summed E-state index contributed by atoms with van der Waals surface area (Å²) < 4.78 is 10.8. The highest BCUT2D eigenvalue weighted by atomic mass is 35.5. The summed E-state index contributed by atoms with van der Waals surface area (Å²) in [6.45, 7) is 4.72. The monoisotopic (exact) mass is 436 g/mol. The van der Waals surface area contributed by atoms with Crippen molar-refractivity contribution in [2.75, 3.05) is 13.7 Å². The van der Waals surface area contributed by atoms with Gasteiger partial charge in [-0.05, 0) is 30.5 Å². The minimum atomic E-state index is -0.675. The molecule has 0 radical (unpaired) electrons. The molecule has 0 saturated heterocycles. The molecule has 7 heteroatoms. The fourth-order valence-electron chi connectivity index (χ4n) is 3.56. The van der Waals surface area contributed by atoms with Crippen molar-refractivity contribution in [3.05, 3.63) is 40.1 Å². The van der Waals surface area contributed by atoms with E-state index in [0.717, 1.165) is 12.8 Å². The van der Waals surface area contributed by atoms with Crippen LogP contribution >= 0.6 is 11.6 Å². The number of benzene rings is 1. The highest BCUT2D eigenvalue weighted by Crippen LogP contribution is 2.34. The molecule has 1 aliphatic rings. The highest BCUT2D eigenvalue weighted by Gasteiger charge is 2.33. The summed E-state index contributed by atoms with van der Waals surface area (Å²) in [6.07, 6.45) is 9.06. The molecule has 0 fully saturated rings. The van der Waals surface area contributed by atoms with Crippen LogP contribution in [-0.4, -0.2) is 25.7 Å². The van der Waals surface area contributed by atoms with Gasteiger partial charge < -0.3 is 20.1 Å². The van der Waals surface area contributed by atoms with E-state index < -0.39 is 12.0 Å². The fourth-order valence-corrected chi connectivity index (χ4v) is 3.84. The molecule has 2 rings (SSSR count). The van der Waals surface area contributed by atoms with E-state index in [1.165, 1.54) is 39.2 Å². The minimum absolute atomic E-state index is 0.359. The van der Waals surface area contributed by atoms with Crippen LogP contribution in [0.25, 0.3) is 0 Å². The molecule has 0 spiro atoms. The van der Waals surface area contributed by atoms with Crippen LogP contribution in [0.15, 0.2) is 29.5 Å². The summed E-state index contributed by atoms with van der Waals surface area (Å²) in [5, 5.41) is 5.87. The first-order valence-electron chi connectivity index (χ1n) is 10.8. The van der Waals surface area contributed by atoms with Gasteiger partial charge in [0.15, 0.2) is 0 Å². The largest absolute Gasteiger partial charge is 0.494 e. The first-order chi connectivity index (χ1) is 14.5. The number of methoxy groups -OCH3 is 1. The summed E-state index contributed by atoms with van der Waals surface area (Å²) in [4.78, 5) is 24.4. The molecule has 2 N–H and O–H groups in total. The first-order valence-corrected chi connectivity index (χ1v) is 11.2. The van der Waals surface area contributed by atoms with Crippen LogP contribution in [0.3, 0.4) is 0 Å². The SMILES string of the molecule is CCCCCCCCCOc1ccc(C2NC(=O)NC(CC)=C2C(=O)OC)c(Cl)c1. The Morgan fingerprint density at radius 1 is 1.10 bits per heavy atom. The maximum Gasteiger partial charge on any atom is 0.337 e. The number of halogens is 1. The maximum absolute atomic E-state index is 12.4. The molecule has 0 aromatic heterocycles. The number of carbonyl (C=O) groups is 2. The van der Waals surface area contributed by atoms with Crippen molar-refractivity contribution in [1.82, 2.24) is 10.6 Å². The molecular formula is C23H33ClN2O4. The van der Waals surface area contributed by atoms with Gasteiger partial charge in [0.2, 0.25) is 0 Å². The van der Waals surface area contributed by atoms with Crippen molar-refractivity contribution in [1.29, 1.82) is 0 Å². The molecule has 6 nitrogen and oxygen atoms in total. The van der Waals surface area contributed by atoms with Crippen LogP contribution in [-0.2, 0) is 9.53 Å². The van der Waals surface area contributed by atoms with E-state index in [-0.39, 0.29) is 6.03 Å². The zero-order chi connectivity index (χ0) is 21.9. The summed E-state index contributed by atoms with van der Waals surface area (Å²) in [5.74, 6) is 0.175. The number of unbranched alkanes of at least 4 members (excludes halogenated alkanes) is 6. The molecule has 0 aliphatic carbocycles. The Bertz CT molecular complexity index is 764. The van der Waals surface area contributed by atoms with Gasteiger partial charge in [-0.1, -0.05) is 70.0 Å². The summed E-state index contributed by atoms with van der Waals surface area (Å²) in [7, 11) is 1.32. The Kier molecular flexibility index (Phi) is 10.0. The predicted octanol–water partition coefficient (Wildman–Crippen LogP) is 5.66. The van der Waals surface area contributed by atoms with Gasteiger partial charge in [-0.15, -0.1) is 0 Å². The number of nitrogens with one attached hydrogen (secondary N) is 2. The van der Waals surface area contributed by atoms with E-state index in [1.807, 2.05) is 13.0 Å². The quantitative estimate of drug-likeness (QED) is 0.327. The number of allylic oxidation sites excluding steroid dienone is 1. The van der Waals surface area contributed by atoms with Crippen LogP contribution in [0.5, 0.6) is 5.75 Å². The second-order valence-corrected chi connectivity index (χ2v) is 7.83. The van der Waals surface area contributed by atoms with Crippen LogP contribution in [0.4, 0.5) is 4.79 Å². The zero-order valence-electron chi connectivity index (χ0n) is 18.2. The topological polar surface area (TPSA) is 76.7 Å². The lowest BCUT2D eigenvalue weighted by molar-refractivity contribution is -0.136. The second-order valence-electron chi connectivity index (χ2n) is 7.42. The Balaban J connectivity index is 2.01. The lowest BCUT2D eigenvalue weighted by atomic mass is 9.94. The Morgan fingerprint density at radius 2 is 1.80 bits per heavy atom. The molecule has 0 bridgehead atoms. The number of carbonyl (C=O) groups excluding carboxylic acids is 2. The summed E-state index contributed by atoms with van der Waals surface area (Å²) in [5.41, 5.74) is 1.52. The third-order valence-electron chi connectivity index (χ3n) is 5.21. The number of hydrogen-bond donors (Lipinski definition) is 2. The van der Waals surface area contributed by atoms with Crippen LogP contribution < -0.4 is 15.4 Å². The molecular weight excluding hydrogens is 404 g/mol. The minimum Gasteiger partial charge on any atom is -0.494 e. The number of amides is 2. The van der Waals surface area contributed by atoms with Gasteiger partial charge >= 0.3 is 12.0 Å². The third-order valence-corrected chi connectivity index (χ3v) is 5.54. The molecule has 1 heterocycles. The standard InChI is InChI=1S/C23H33ClN2O4/c1-4-6-7-8-9-10-11-14-30-16-12-13-17(18(24)15-16)21-20(22(27)29-3)19(5-2)25-23(28)26-21/h12-13,15,21H,4-11,14H2,1-3H3,(H2,25,26,28). The van der Waals surface area contributed by atoms with E-state index in [4.69, 9.17) is 21.1 Å². The van der Waals surface area contributed by atoms with Crippen LogP contribution in [0.2, 0.25) is 5.02 Å². The fraction of sp³-hybridized carbons (Fsp3) is 0.565. The lowest BCUT2D eigenvalue weighted by Crippen LogP contribution is -2.45. The van der Waals surface area contributed by atoms with Crippen molar-refractivity contribution >= 4 is 23.6 Å². The maximum atomic E-state index is 12.4. The first kappa shape index (κ1) is 24.1. The van der Waals surface area contributed by atoms with Gasteiger partial charge in [0, 0.05) is 10.7 Å². The average Bonchev–Trinajstić information content (AvgIpc) is 2.74. The van der Waals surface area contributed by atoms with Crippen molar-refractivity contribution < 1.29 is 19.1 Å². The van der Waals surface area contributed by atoms with Gasteiger partial charge in [0.25, 0.3) is 0 Å². The smallest absolute Gasteiger partial charge is 0.337 e. The molecule has 166 valence electrons. The van der Waals surface area contributed by atoms with Crippen molar-refractivity contribution in [2.45, 2.75) is 71.3 Å². The molecule has 1 aromatic rings. The number of hydrogen-bond acceptors (Lipinski definition) is 4. The third kappa shape index (κ3) is 6.66.